The first-order valence-corrected chi connectivity index (χ1v) is 12.2. The van der Waals surface area contributed by atoms with Crippen LogP contribution in [0.25, 0.3) is 0 Å². The average Bonchev–Trinajstić information content (AvgIpc) is 3.26. The monoisotopic (exact) mass is 449 g/mol. The number of ether oxygens (including phenoxy) is 1. The van der Waals surface area contributed by atoms with Gasteiger partial charge in [-0.3, -0.25) is 4.99 Å². The molecule has 0 bridgehead atoms. The summed E-state index contributed by atoms with van der Waals surface area (Å²) in [5.74, 6) is 1.58. The maximum Gasteiger partial charge on any atom is 0.220 e. The Kier molecular flexibility index (Phi) is 8.30. The molecule has 1 aliphatic heterocycles. The van der Waals surface area contributed by atoms with Crippen LogP contribution in [0.15, 0.2) is 46.1 Å². The van der Waals surface area contributed by atoms with Gasteiger partial charge in [0.15, 0.2) is 5.96 Å². The Hall–Kier alpha value is -2.59. The molecule has 1 aromatic heterocycles. The summed E-state index contributed by atoms with van der Waals surface area (Å²) in [7, 11) is -3.41. The van der Waals surface area contributed by atoms with E-state index in [1.54, 1.807) is 6.07 Å². The molecular weight excluding hydrogens is 418 g/mol. The van der Waals surface area contributed by atoms with Crippen LogP contribution in [-0.4, -0.2) is 74.6 Å². The van der Waals surface area contributed by atoms with Crippen molar-refractivity contribution in [2.24, 2.45) is 4.99 Å². The summed E-state index contributed by atoms with van der Waals surface area (Å²) in [6, 6.07) is 9.54. The third-order valence-electron chi connectivity index (χ3n) is 5.00. The van der Waals surface area contributed by atoms with Crippen molar-refractivity contribution >= 4 is 16.0 Å². The number of aromatic nitrogens is 1. The van der Waals surface area contributed by atoms with Crippen molar-refractivity contribution in [2.45, 2.75) is 26.0 Å². The number of nitrogens with zero attached hydrogens (tertiary/aromatic N) is 4. The fourth-order valence-corrected chi connectivity index (χ4v) is 4.77. The van der Waals surface area contributed by atoms with Crippen molar-refractivity contribution < 1.29 is 17.7 Å². The van der Waals surface area contributed by atoms with Gasteiger partial charge in [0.05, 0.1) is 12.3 Å². The highest BCUT2D eigenvalue weighted by molar-refractivity contribution is 7.88. The molecule has 2 heterocycles. The number of sulfonamides is 1. The molecule has 0 saturated carbocycles. The minimum absolute atomic E-state index is 0.140. The van der Waals surface area contributed by atoms with E-state index in [4.69, 9.17) is 14.3 Å². The van der Waals surface area contributed by atoms with Crippen LogP contribution in [0.3, 0.4) is 0 Å². The Labute approximate surface area is 184 Å². The lowest BCUT2D eigenvalue weighted by Crippen LogP contribution is -2.53. The van der Waals surface area contributed by atoms with E-state index in [0.717, 1.165) is 30.2 Å². The van der Waals surface area contributed by atoms with Crippen LogP contribution in [0.5, 0.6) is 5.75 Å². The Bertz CT molecular complexity index is 938. The van der Waals surface area contributed by atoms with Crippen molar-refractivity contribution in [2.75, 3.05) is 45.9 Å². The lowest BCUT2D eigenvalue weighted by molar-refractivity contribution is 0.259. The first-order valence-electron chi connectivity index (χ1n) is 10.6. The number of hydrogen-bond donors (Lipinski definition) is 1. The Morgan fingerprint density at radius 1 is 1.23 bits per heavy atom. The molecule has 10 heteroatoms. The van der Waals surface area contributed by atoms with E-state index in [0.29, 0.717) is 45.0 Å². The second-order valence-corrected chi connectivity index (χ2v) is 9.31. The molecule has 1 aliphatic rings. The first kappa shape index (κ1) is 23.1. The zero-order chi connectivity index (χ0) is 22.1. The molecule has 9 nitrogen and oxygen atoms in total. The summed E-state index contributed by atoms with van der Waals surface area (Å²) in [5, 5.41) is 7.01. The van der Waals surface area contributed by atoms with Crippen molar-refractivity contribution in [1.82, 2.24) is 19.7 Å². The molecule has 0 unspecified atom stereocenters. The van der Waals surface area contributed by atoms with Crippen molar-refractivity contribution in [3.8, 4) is 5.75 Å². The van der Waals surface area contributed by atoms with E-state index >= 15 is 0 Å². The number of guanidine groups is 1. The number of para-hydroxylation sites is 1. The number of benzene rings is 1. The van der Waals surface area contributed by atoms with Gasteiger partial charge >= 0.3 is 0 Å². The number of aliphatic imine (C=N–C) groups is 1. The minimum Gasteiger partial charge on any atom is -0.493 e. The predicted molar refractivity (Wildman–Crippen MR) is 120 cm³/mol. The quantitative estimate of drug-likeness (QED) is 0.354. The Balaban J connectivity index is 1.47. The van der Waals surface area contributed by atoms with E-state index in [1.165, 1.54) is 10.6 Å². The van der Waals surface area contributed by atoms with E-state index in [-0.39, 0.29) is 5.75 Å². The summed E-state index contributed by atoms with van der Waals surface area (Å²) >= 11 is 0. The number of piperazine rings is 1. The first-order chi connectivity index (χ1) is 15.0. The minimum atomic E-state index is -3.41. The van der Waals surface area contributed by atoms with Crippen LogP contribution in [-0.2, 0) is 15.8 Å². The standard InChI is InChI=1S/C21H31N5O4S/c1-3-22-21(23-10-6-15-29-20-8-5-4-7-18(20)2)25-11-13-26(14-12-25)31(27,28)17-19-9-16-30-24-19/h4-5,7-9,16H,3,6,10-15,17H2,1-2H3,(H,22,23). The molecule has 0 amide bonds. The molecule has 0 spiro atoms. The highest BCUT2D eigenvalue weighted by Gasteiger charge is 2.28. The molecule has 1 N–H and O–H groups in total. The fraction of sp³-hybridized carbons (Fsp3) is 0.524. The van der Waals surface area contributed by atoms with Gasteiger partial charge in [-0.05, 0) is 25.5 Å². The molecule has 0 atom stereocenters. The highest BCUT2D eigenvalue weighted by atomic mass is 32.2. The SMILES string of the molecule is CCNC(=NCCCOc1ccccc1C)N1CCN(S(=O)(=O)Cc2ccon2)CC1. The van der Waals surface area contributed by atoms with Gasteiger partial charge in [0, 0.05) is 51.8 Å². The van der Waals surface area contributed by atoms with Gasteiger partial charge in [-0.1, -0.05) is 23.4 Å². The van der Waals surface area contributed by atoms with Crippen LogP contribution in [0.4, 0.5) is 0 Å². The van der Waals surface area contributed by atoms with Crippen LogP contribution in [0.1, 0.15) is 24.6 Å². The summed E-state index contributed by atoms with van der Waals surface area (Å²) in [6.07, 6.45) is 2.18. The molecule has 1 aromatic carbocycles. The van der Waals surface area contributed by atoms with Crippen molar-refractivity contribution in [1.29, 1.82) is 0 Å². The molecule has 1 saturated heterocycles. The second kappa shape index (κ2) is 11.1. The smallest absolute Gasteiger partial charge is 0.220 e. The van der Waals surface area contributed by atoms with E-state index < -0.39 is 10.0 Å². The Morgan fingerprint density at radius 3 is 2.68 bits per heavy atom. The number of aryl methyl sites for hydroxylation is 1. The molecule has 3 rings (SSSR count). The lowest BCUT2D eigenvalue weighted by atomic mass is 10.2. The number of hydrogen-bond acceptors (Lipinski definition) is 6. The maximum atomic E-state index is 12.6. The van der Waals surface area contributed by atoms with Gasteiger partial charge in [0.2, 0.25) is 10.0 Å². The summed E-state index contributed by atoms with van der Waals surface area (Å²) < 4.78 is 37.3. The van der Waals surface area contributed by atoms with Crippen LogP contribution in [0.2, 0.25) is 0 Å². The molecule has 0 aliphatic carbocycles. The Morgan fingerprint density at radius 2 is 2.00 bits per heavy atom. The normalized spacial score (nSPS) is 15.8. The van der Waals surface area contributed by atoms with Gasteiger partial charge in [-0.25, -0.2) is 8.42 Å². The van der Waals surface area contributed by atoms with Gasteiger partial charge in [0.1, 0.15) is 17.8 Å². The summed E-state index contributed by atoms with van der Waals surface area (Å²) in [5.41, 5.74) is 1.54. The van der Waals surface area contributed by atoms with Crippen LogP contribution >= 0.6 is 0 Å². The third-order valence-corrected chi connectivity index (χ3v) is 6.82. The zero-order valence-corrected chi connectivity index (χ0v) is 19.0. The van der Waals surface area contributed by atoms with Crippen molar-refractivity contribution in [3.05, 3.63) is 47.9 Å². The predicted octanol–water partition coefficient (Wildman–Crippen LogP) is 1.87. The highest BCUT2D eigenvalue weighted by Crippen LogP contribution is 2.16. The molecule has 170 valence electrons. The molecular formula is C21H31N5O4S. The second-order valence-electron chi connectivity index (χ2n) is 7.34. The van der Waals surface area contributed by atoms with E-state index in [1.807, 2.05) is 38.1 Å². The zero-order valence-electron chi connectivity index (χ0n) is 18.2. The topological polar surface area (TPSA) is 100 Å². The van der Waals surface area contributed by atoms with Crippen LogP contribution in [0, 0.1) is 6.92 Å². The van der Waals surface area contributed by atoms with Gasteiger partial charge < -0.3 is 19.5 Å². The molecule has 0 radical (unpaired) electrons. The maximum absolute atomic E-state index is 12.6. The summed E-state index contributed by atoms with van der Waals surface area (Å²) in [6.45, 7) is 8.05. The lowest BCUT2D eigenvalue weighted by Gasteiger charge is -2.35. The van der Waals surface area contributed by atoms with Gasteiger partial charge in [0.25, 0.3) is 0 Å². The molecule has 1 fully saturated rings. The third kappa shape index (κ3) is 6.70. The van der Waals surface area contributed by atoms with Gasteiger partial charge in [-0.15, -0.1) is 0 Å². The van der Waals surface area contributed by atoms with Crippen LogP contribution < -0.4 is 10.1 Å². The van der Waals surface area contributed by atoms with E-state index in [2.05, 4.69) is 15.4 Å². The average molecular weight is 450 g/mol. The van der Waals surface area contributed by atoms with Gasteiger partial charge in [-0.2, -0.15) is 4.31 Å². The van der Waals surface area contributed by atoms with E-state index in [9.17, 15) is 8.42 Å². The van der Waals surface area contributed by atoms with Crippen molar-refractivity contribution in [3.63, 3.8) is 0 Å². The largest absolute Gasteiger partial charge is 0.493 e. The number of rotatable bonds is 9. The molecule has 2 aromatic rings. The fourth-order valence-electron chi connectivity index (χ4n) is 3.34. The molecule has 31 heavy (non-hydrogen) atoms. The summed E-state index contributed by atoms with van der Waals surface area (Å²) in [4.78, 5) is 6.80. The number of nitrogens with one attached hydrogen (secondary N) is 1.